The van der Waals surface area contributed by atoms with Gasteiger partial charge in [0.25, 0.3) is 0 Å². The van der Waals surface area contributed by atoms with Gasteiger partial charge >= 0.3 is 0 Å². The van der Waals surface area contributed by atoms with Gasteiger partial charge < -0.3 is 24.3 Å². The number of piperidine rings is 1. The Hall–Kier alpha value is -2.61. The van der Waals surface area contributed by atoms with Gasteiger partial charge in [-0.2, -0.15) is 0 Å². The number of nitrogens with one attached hydrogen (secondary N) is 1. The van der Waals surface area contributed by atoms with Crippen LogP contribution in [0.3, 0.4) is 0 Å². The molecule has 0 unspecified atom stereocenters. The lowest BCUT2D eigenvalue weighted by molar-refractivity contribution is 0.185. The van der Waals surface area contributed by atoms with Crippen molar-refractivity contribution in [2.24, 2.45) is 0 Å². The highest BCUT2D eigenvalue weighted by atomic mass is 15.2. The zero-order valence-electron chi connectivity index (χ0n) is 31.2. The monoisotopic (exact) mass is 636 g/mol. The van der Waals surface area contributed by atoms with Crippen molar-refractivity contribution >= 4 is 10.9 Å². The van der Waals surface area contributed by atoms with Gasteiger partial charge in [0.15, 0.2) is 0 Å². The molecule has 1 aromatic carbocycles. The van der Waals surface area contributed by atoms with Gasteiger partial charge in [0.1, 0.15) is 0 Å². The Kier molecular flexibility index (Phi) is 19.0. The van der Waals surface area contributed by atoms with Crippen LogP contribution in [0.2, 0.25) is 0 Å². The van der Waals surface area contributed by atoms with Crippen molar-refractivity contribution in [3.63, 3.8) is 0 Å². The molecule has 3 aromatic rings. The second-order valence-corrected chi connectivity index (χ2v) is 14.1. The van der Waals surface area contributed by atoms with Gasteiger partial charge in [-0.05, 0) is 145 Å². The minimum Gasteiger partial charge on any atom is -0.378 e. The highest BCUT2D eigenvalue weighted by molar-refractivity contribution is 5.80. The van der Waals surface area contributed by atoms with Gasteiger partial charge in [0.05, 0.1) is 13.0 Å². The Labute approximate surface area is 283 Å². The molecule has 3 aliphatic rings. The van der Waals surface area contributed by atoms with Crippen LogP contribution in [-0.4, -0.2) is 86.3 Å². The van der Waals surface area contributed by atoms with Crippen molar-refractivity contribution < 1.29 is 0 Å². The third-order valence-corrected chi connectivity index (χ3v) is 8.90. The predicted octanol–water partition coefficient (Wildman–Crippen LogP) is 8.83. The summed E-state index contributed by atoms with van der Waals surface area (Å²) >= 11 is 0. The molecular weight excluding hydrogens is 566 g/mol. The van der Waals surface area contributed by atoms with Crippen LogP contribution in [0, 0.1) is 0 Å². The van der Waals surface area contributed by atoms with Crippen LogP contribution in [0.4, 0.5) is 0 Å². The summed E-state index contributed by atoms with van der Waals surface area (Å²) in [7, 11) is 0. The van der Waals surface area contributed by atoms with Crippen LogP contribution in [0.25, 0.3) is 10.9 Å². The van der Waals surface area contributed by atoms with Gasteiger partial charge in [-0.3, -0.25) is 4.90 Å². The largest absolute Gasteiger partial charge is 0.378 e. The van der Waals surface area contributed by atoms with Gasteiger partial charge in [-0.15, -0.1) is 0 Å². The lowest BCUT2D eigenvalue weighted by Crippen LogP contribution is -2.39. The molecule has 2 fully saturated rings. The van der Waals surface area contributed by atoms with Crippen LogP contribution >= 0.6 is 0 Å². The number of imidazole rings is 1. The summed E-state index contributed by atoms with van der Waals surface area (Å²) < 4.78 is 4.34. The van der Waals surface area contributed by atoms with Gasteiger partial charge in [0, 0.05) is 60.9 Å². The number of hydrogen-bond acceptors (Lipinski definition) is 5. The molecule has 7 heteroatoms. The van der Waals surface area contributed by atoms with Gasteiger partial charge in [0.2, 0.25) is 0 Å². The maximum Gasteiger partial charge on any atom is 0.0948 e. The fraction of sp³-hybridized carbons (Fsp3) is 0.667. The molecule has 0 radical (unpaired) electrons. The molecule has 5 heterocycles. The van der Waals surface area contributed by atoms with Crippen LogP contribution in [0.5, 0.6) is 0 Å². The van der Waals surface area contributed by atoms with E-state index in [9.17, 15) is 0 Å². The Morgan fingerprint density at radius 3 is 1.57 bits per heavy atom. The molecule has 0 saturated carbocycles. The normalized spacial score (nSPS) is 17.2. The minimum atomic E-state index is 0.539. The lowest BCUT2D eigenvalue weighted by Gasteiger charge is -2.29. The summed E-state index contributed by atoms with van der Waals surface area (Å²) in [6, 6.07) is 13.9. The van der Waals surface area contributed by atoms with E-state index in [-0.39, 0.29) is 0 Å². The molecule has 6 rings (SSSR count). The third-order valence-electron chi connectivity index (χ3n) is 8.90. The molecular formula is C39H69N7. The molecule has 0 aliphatic carbocycles. The van der Waals surface area contributed by atoms with E-state index in [1.165, 1.54) is 69.2 Å². The fourth-order valence-electron chi connectivity index (χ4n) is 5.72. The molecule has 0 atom stereocenters. The first-order chi connectivity index (χ1) is 22.0. The van der Waals surface area contributed by atoms with E-state index in [4.69, 9.17) is 0 Å². The molecule has 2 saturated heterocycles. The number of para-hydroxylation sites is 1. The predicted molar refractivity (Wildman–Crippen MR) is 200 cm³/mol. The highest BCUT2D eigenvalue weighted by Crippen LogP contribution is 2.19. The van der Waals surface area contributed by atoms with Crippen LogP contribution in [0.1, 0.15) is 113 Å². The highest BCUT2D eigenvalue weighted by Gasteiger charge is 2.13. The first kappa shape index (κ1) is 39.6. The zero-order valence-corrected chi connectivity index (χ0v) is 31.2. The maximum absolute atomic E-state index is 3.91. The Balaban J connectivity index is 0.000000202. The summed E-state index contributed by atoms with van der Waals surface area (Å²) in [5.74, 6) is 0. The first-order valence-electron chi connectivity index (χ1n) is 18.1. The van der Waals surface area contributed by atoms with E-state index in [1.54, 1.807) is 6.20 Å². The van der Waals surface area contributed by atoms with E-state index in [0.29, 0.717) is 18.1 Å². The van der Waals surface area contributed by atoms with Crippen molar-refractivity contribution in [3.05, 3.63) is 67.5 Å². The topological polar surface area (TPSA) is 44.5 Å². The molecule has 0 bridgehead atoms. The average Bonchev–Trinajstić information content (AvgIpc) is 3.86. The second-order valence-electron chi connectivity index (χ2n) is 14.1. The summed E-state index contributed by atoms with van der Waals surface area (Å²) in [6.45, 7) is 29.6. The number of nitrogens with zero attached hydrogens (tertiary/aromatic N) is 6. The summed E-state index contributed by atoms with van der Waals surface area (Å²) in [5, 5.41) is 4.49. The van der Waals surface area contributed by atoms with Crippen LogP contribution in [0.15, 0.2) is 67.5 Å². The summed E-state index contributed by atoms with van der Waals surface area (Å²) in [4.78, 5) is 11.4. The van der Waals surface area contributed by atoms with Crippen LogP contribution < -0.4 is 5.32 Å². The smallest absolute Gasteiger partial charge is 0.0948 e. The second kappa shape index (κ2) is 22.0. The lowest BCUT2D eigenvalue weighted by atomic mass is 10.1. The number of likely N-dealkylation sites (tertiary alicyclic amines) is 2. The molecule has 1 N–H and O–H groups in total. The molecule has 7 nitrogen and oxygen atoms in total. The van der Waals surface area contributed by atoms with Crippen molar-refractivity contribution in [2.75, 3.05) is 39.4 Å². The maximum atomic E-state index is 3.91. The number of hydrogen-bond donors (Lipinski definition) is 1. The summed E-state index contributed by atoms with van der Waals surface area (Å²) in [5.41, 5.74) is 1.33. The number of fused-ring (bicyclic) bond motifs is 1. The van der Waals surface area contributed by atoms with Gasteiger partial charge in [-0.1, -0.05) is 30.7 Å². The van der Waals surface area contributed by atoms with E-state index >= 15 is 0 Å². The standard InChI is InChI=1S/C11H13N.C8H17N.C7H14N2.C7H15N.C6H10N2/c1-9(2)12-8-7-10-5-3-4-6-11(10)12;1-8(2)9-6-4-3-5-7-9;1-7(2)9-5-3-4-8-6-9;1-7(2)8-5-3-4-6-8;1-6(2)8-4-3-7-5-8/h3-9H,1-2H3;8H,3-7H2,1-2H3;3-4,7-8H,5-6H2,1-2H3;7H,3-6H2,1-2H3;3-6H,1-2H3. The molecule has 3 aliphatic heterocycles. The van der Waals surface area contributed by atoms with Crippen molar-refractivity contribution in [2.45, 2.75) is 132 Å². The summed E-state index contributed by atoms with van der Waals surface area (Å²) in [6.07, 6.45) is 19.0. The quantitative estimate of drug-likeness (QED) is 0.304. The van der Waals surface area contributed by atoms with Crippen molar-refractivity contribution in [1.29, 1.82) is 0 Å². The number of benzene rings is 1. The number of rotatable bonds is 5. The Morgan fingerprint density at radius 1 is 0.609 bits per heavy atom. The van der Waals surface area contributed by atoms with Gasteiger partial charge in [-0.25, -0.2) is 4.98 Å². The first-order valence-corrected chi connectivity index (χ1v) is 18.1. The molecule has 0 spiro atoms. The zero-order chi connectivity index (χ0) is 33.9. The minimum absolute atomic E-state index is 0.539. The Bertz CT molecular complexity index is 1160. The average molecular weight is 636 g/mol. The molecule has 260 valence electrons. The van der Waals surface area contributed by atoms with E-state index in [2.05, 4.69) is 146 Å². The Morgan fingerprint density at radius 2 is 1.17 bits per heavy atom. The molecule has 46 heavy (non-hydrogen) atoms. The van der Waals surface area contributed by atoms with E-state index in [0.717, 1.165) is 25.3 Å². The van der Waals surface area contributed by atoms with Crippen LogP contribution in [-0.2, 0) is 0 Å². The fourth-order valence-corrected chi connectivity index (χ4v) is 5.72. The SMILES string of the molecule is CC(C)N1CC=CNC1.CC(C)N1CCCC1.CC(C)N1CCCCC1.CC(C)n1ccc2ccccc21.CC(C)n1ccnc1. The molecule has 0 amide bonds. The number of aromatic nitrogens is 3. The van der Waals surface area contributed by atoms with Crippen molar-refractivity contribution in [1.82, 2.24) is 34.1 Å². The van der Waals surface area contributed by atoms with E-state index in [1.807, 2.05) is 18.7 Å². The molecule has 2 aromatic heterocycles. The van der Waals surface area contributed by atoms with Crippen molar-refractivity contribution in [3.8, 4) is 0 Å². The van der Waals surface area contributed by atoms with E-state index < -0.39 is 0 Å². The third kappa shape index (κ3) is 14.9.